The number of carboxylic acids is 1. The van der Waals surface area contributed by atoms with E-state index < -0.39 is 12.0 Å². The average molecular weight is 350 g/mol. The largest absolute Gasteiger partial charge is 0.497 e. The Labute approximate surface area is 142 Å². The predicted octanol–water partition coefficient (Wildman–Crippen LogP) is 2.12. The smallest absolute Gasteiger partial charge is 0.321 e. The number of aliphatic carboxylic acids is 1. The topological polar surface area (TPSA) is 113 Å². The van der Waals surface area contributed by atoms with Crippen LogP contribution in [0.1, 0.15) is 23.4 Å². The second kappa shape index (κ2) is 8.82. The fourth-order valence-electron chi connectivity index (χ4n) is 1.92. The number of nitrogens with one attached hydrogen (secondary N) is 2. The Hall–Kier alpha value is -2.68. The number of methoxy groups -OCH3 is 1. The number of hydrogen-bond donors (Lipinski definition) is 3. The highest BCUT2D eigenvalue weighted by atomic mass is 32.1. The van der Waals surface area contributed by atoms with Crippen LogP contribution in [0.2, 0.25) is 0 Å². The zero-order chi connectivity index (χ0) is 17.4. The number of nitrogens with zero attached hydrogens (tertiary/aromatic N) is 2. The minimum absolute atomic E-state index is 0.0176. The van der Waals surface area contributed by atoms with E-state index in [0.29, 0.717) is 18.0 Å². The van der Waals surface area contributed by atoms with Gasteiger partial charge in [0.2, 0.25) is 5.13 Å². The number of carboxylic acid groups (broad SMARTS) is 1. The van der Waals surface area contributed by atoms with Crippen molar-refractivity contribution in [2.45, 2.75) is 19.3 Å². The number of amides is 2. The van der Waals surface area contributed by atoms with Gasteiger partial charge in [-0.05, 0) is 24.1 Å². The first-order valence-electron chi connectivity index (χ1n) is 7.29. The molecule has 0 fully saturated rings. The zero-order valence-corrected chi connectivity index (χ0v) is 13.9. The van der Waals surface area contributed by atoms with E-state index in [1.54, 1.807) is 7.11 Å². The maximum atomic E-state index is 11.7. The average Bonchev–Trinajstić information content (AvgIpc) is 2.98. The lowest BCUT2D eigenvalue weighted by atomic mass is 10.1. The summed E-state index contributed by atoms with van der Waals surface area (Å²) in [6, 6.07) is 7.23. The molecule has 1 aromatic carbocycles. The van der Waals surface area contributed by atoms with Crippen LogP contribution in [0.25, 0.3) is 0 Å². The highest BCUT2D eigenvalue weighted by Crippen LogP contribution is 2.20. The molecule has 2 amide bonds. The van der Waals surface area contributed by atoms with Crippen molar-refractivity contribution in [2.75, 3.05) is 19.0 Å². The highest BCUT2D eigenvalue weighted by molar-refractivity contribution is 7.15. The Kier molecular flexibility index (Phi) is 6.50. The third kappa shape index (κ3) is 5.84. The molecule has 1 aromatic heterocycles. The minimum atomic E-state index is -0.886. The maximum Gasteiger partial charge on any atom is 0.321 e. The zero-order valence-electron chi connectivity index (χ0n) is 13.1. The standard InChI is InChI=1S/C15H18N4O4S/c1-23-11-5-2-4-10(8-11)9-12-18-19-15(24-12)17-14(22)16-7-3-6-13(20)21/h2,4-5,8H,3,6-7,9H2,1H3,(H,20,21)(H2,16,17,19,22). The van der Waals surface area contributed by atoms with Gasteiger partial charge >= 0.3 is 12.0 Å². The lowest BCUT2D eigenvalue weighted by molar-refractivity contribution is -0.137. The number of rotatable bonds is 8. The van der Waals surface area contributed by atoms with Gasteiger partial charge < -0.3 is 15.2 Å². The summed E-state index contributed by atoms with van der Waals surface area (Å²) < 4.78 is 5.18. The van der Waals surface area contributed by atoms with E-state index in [4.69, 9.17) is 9.84 Å². The van der Waals surface area contributed by atoms with Crippen molar-refractivity contribution in [3.8, 4) is 5.75 Å². The Morgan fingerprint density at radius 3 is 2.92 bits per heavy atom. The van der Waals surface area contributed by atoms with Crippen LogP contribution in [0.3, 0.4) is 0 Å². The molecule has 3 N–H and O–H groups in total. The van der Waals surface area contributed by atoms with Gasteiger partial charge in [-0.2, -0.15) is 0 Å². The molecular weight excluding hydrogens is 332 g/mol. The molecule has 24 heavy (non-hydrogen) atoms. The molecule has 8 nitrogen and oxygen atoms in total. The molecule has 0 aliphatic carbocycles. The number of hydrogen-bond acceptors (Lipinski definition) is 6. The van der Waals surface area contributed by atoms with Gasteiger partial charge in [-0.15, -0.1) is 10.2 Å². The highest BCUT2D eigenvalue weighted by Gasteiger charge is 2.09. The number of benzene rings is 1. The van der Waals surface area contributed by atoms with Crippen LogP contribution in [0, 0.1) is 0 Å². The molecule has 0 unspecified atom stereocenters. The molecule has 0 aliphatic heterocycles. The predicted molar refractivity (Wildman–Crippen MR) is 89.6 cm³/mol. The molecule has 2 aromatic rings. The first-order chi connectivity index (χ1) is 11.6. The Morgan fingerprint density at radius 1 is 1.33 bits per heavy atom. The van der Waals surface area contributed by atoms with Gasteiger partial charge in [-0.25, -0.2) is 4.79 Å². The van der Waals surface area contributed by atoms with Gasteiger partial charge in [-0.1, -0.05) is 23.5 Å². The lowest BCUT2D eigenvalue weighted by Crippen LogP contribution is -2.29. The van der Waals surface area contributed by atoms with Crippen molar-refractivity contribution in [3.05, 3.63) is 34.8 Å². The van der Waals surface area contributed by atoms with Crippen LogP contribution in [0.4, 0.5) is 9.93 Å². The van der Waals surface area contributed by atoms with Crippen LogP contribution in [-0.4, -0.2) is 41.0 Å². The van der Waals surface area contributed by atoms with Crippen LogP contribution in [0.5, 0.6) is 5.75 Å². The van der Waals surface area contributed by atoms with Gasteiger partial charge in [0.25, 0.3) is 0 Å². The minimum Gasteiger partial charge on any atom is -0.497 e. The first kappa shape index (κ1) is 17.7. The van der Waals surface area contributed by atoms with E-state index in [1.807, 2.05) is 24.3 Å². The van der Waals surface area contributed by atoms with Gasteiger partial charge in [0.05, 0.1) is 7.11 Å². The molecule has 0 aliphatic rings. The van der Waals surface area contributed by atoms with E-state index in [-0.39, 0.29) is 13.0 Å². The number of urea groups is 1. The Morgan fingerprint density at radius 2 is 2.17 bits per heavy atom. The number of ether oxygens (including phenoxy) is 1. The molecule has 1 heterocycles. The molecular formula is C15H18N4O4S. The van der Waals surface area contributed by atoms with Crippen molar-refractivity contribution in [3.63, 3.8) is 0 Å². The molecule has 9 heteroatoms. The van der Waals surface area contributed by atoms with Crippen molar-refractivity contribution in [1.82, 2.24) is 15.5 Å². The van der Waals surface area contributed by atoms with Gasteiger partial charge in [0.15, 0.2) is 0 Å². The molecule has 2 rings (SSSR count). The summed E-state index contributed by atoms with van der Waals surface area (Å²) in [7, 11) is 1.61. The van der Waals surface area contributed by atoms with Crippen molar-refractivity contribution < 1.29 is 19.4 Å². The SMILES string of the molecule is COc1cccc(Cc2nnc(NC(=O)NCCCC(=O)O)s2)c1. The maximum absolute atomic E-state index is 11.7. The first-order valence-corrected chi connectivity index (χ1v) is 8.10. The fraction of sp³-hybridized carbons (Fsp3) is 0.333. The summed E-state index contributed by atoms with van der Waals surface area (Å²) in [5.41, 5.74) is 1.04. The van der Waals surface area contributed by atoms with Crippen molar-refractivity contribution in [2.24, 2.45) is 0 Å². The quantitative estimate of drug-likeness (QED) is 0.629. The van der Waals surface area contributed by atoms with Crippen LogP contribution >= 0.6 is 11.3 Å². The van der Waals surface area contributed by atoms with Crippen LogP contribution in [0.15, 0.2) is 24.3 Å². The monoisotopic (exact) mass is 350 g/mol. The molecule has 0 bridgehead atoms. The fourth-order valence-corrected chi connectivity index (χ4v) is 2.68. The summed E-state index contributed by atoms with van der Waals surface area (Å²) >= 11 is 1.28. The molecule has 128 valence electrons. The molecule has 0 radical (unpaired) electrons. The van der Waals surface area contributed by atoms with Crippen LogP contribution < -0.4 is 15.4 Å². The van der Waals surface area contributed by atoms with Crippen molar-refractivity contribution in [1.29, 1.82) is 0 Å². The molecule has 0 saturated heterocycles. The summed E-state index contributed by atoms with van der Waals surface area (Å²) in [5, 5.41) is 22.8. The van der Waals surface area contributed by atoms with Crippen LogP contribution in [-0.2, 0) is 11.2 Å². The second-order valence-corrected chi connectivity index (χ2v) is 5.97. The Balaban J connectivity index is 1.82. The summed E-state index contributed by atoms with van der Waals surface area (Å²) in [5.74, 6) is -0.111. The number of anilines is 1. The Bertz CT molecular complexity index is 704. The number of carbonyl (C=O) groups excluding carboxylic acids is 1. The van der Waals surface area contributed by atoms with Gasteiger partial charge in [0, 0.05) is 19.4 Å². The number of aromatic nitrogens is 2. The lowest BCUT2D eigenvalue weighted by Gasteiger charge is -2.03. The van der Waals surface area contributed by atoms with E-state index >= 15 is 0 Å². The van der Waals surface area contributed by atoms with Gasteiger partial charge in [0.1, 0.15) is 10.8 Å². The van der Waals surface area contributed by atoms with E-state index in [0.717, 1.165) is 16.3 Å². The molecule has 0 atom stereocenters. The van der Waals surface area contributed by atoms with Gasteiger partial charge in [-0.3, -0.25) is 10.1 Å². The van der Waals surface area contributed by atoms with E-state index in [2.05, 4.69) is 20.8 Å². The van der Waals surface area contributed by atoms with E-state index in [1.165, 1.54) is 11.3 Å². The summed E-state index contributed by atoms with van der Waals surface area (Å²) in [6.07, 6.45) is 0.987. The third-order valence-corrected chi connectivity index (χ3v) is 3.87. The normalized spacial score (nSPS) is 10.2. The number of carbonyl (C=O) groups is 2. The summed E-state index contributed by atoms with van der Waals surface area (Å²) in [6.45, 7) is 0.285. The molecule has 0 spiro atoms. The second-order valence-electron chi connectivity index (χ2n) is 4.91. The van der Waals surface area contributed by atoms with Crippen molar-refractivity contribution >= 4 is 28.5 Å². The van der Waals surface area contributed by atoms with E-state index in [9.17, 15) is 9.59 Å². The summed E-state index contributed by atoms with van der Waals surface area (Å²) in [4.78, 5) is 22.0. The molecule has 0 saturated carbocycles. The third-order valence-electron chi connectivity index (χ3n) is 3.03.